The Balaban J connectivity index is 2.16. The number of rotatable bonds is 4. The minimum atomic E-state index is -0.363. The molecule has 0 aliphatic rings. The summed E-state index contributed by atoms with van der Waals surface area (Å²) in [5.41, 5.74) is 1.85. The molecule has 0 unspecified atom stereocenters. The highest BCUT2D eigenvalue weighted by molar-refractivity contribution is 5.47. The molecule has 0 fully saturated rings. The van der Waals surface area contributed by atoms with Crippen LogP contribution in [0.1, 0.15) is 11.6 Å². The minimum absolute atomic E-state index is 0.363. The van der Waals surface area contributed by atoms with E-state index in [9.17, 15) is 5.26 Å². The number of hydrogen-bond acceptors (Lipinski definition) is 3. The van der Waals surface area contributed by atoms with E-state index in [1.54, 1.807) is 7.11 Å². The molecule has 0 saturated heterocycles. The zero-order valence-electron chi connectivity index (χ0n) is 10.1. The first-order valence-corrected chi connectivity index (χ1v) is 5.68. The van der Waals surface area contributed by atoms with Crippen LogP contribution in [0.3, 0.4) is 0 Å². The lowest BCUT2D eigenvalue weighted by Gasteiger charge is -2.13. The van der Waals surface area contributed by atoms with Crippen molar-refractivity contribution in [2.45, 2.75) is 6.04 Å². The van der Waals surface area contributed by atoms with Crippen molar-refractivity contribution in [1.29, 1.82) is 5.26 Å². The summed E-state index contributed by atoms with van der Waals surface area (Å²) in [5, 5.41) is 12.4. The first-order valence-electron chi connectivity index (χ1n) is 5.68. The number of nitrogens with one attached hydrogen (secondary N) is 1. The highest BCUT2D eigenvalue weighted by Gasteiger charge is 2.09. The molecule has 18 heavy (non-hydrogen) atoms. The van der Waals surface area contributed by atoms with Gasteiger partial charge in [-0.25, -0.2) is 0 Å². The molecular formula is C15H14N2O. The molecule has 0 bridgehead atoms. The van der Waals surface area contributed by atoms with Crippen molar-refractivity contribution in [3.8, 4) is 11.8 Å². The lowest BCUT2D eigenvalue weighted by Crippen LogP contribution is -2.08. The maximum absolute atomic E-state index is 9.22. The Morgan fingerprint density at radius 2 is 1.72 bits per heavy atom. The summed E-state index contributed by atoms with van der Waals surface area (Å²) in [4.78, 5) is 0. The Morgan fingerprint density at radius 1 is 1.06 bits per heavy atom. The Bertz CT molecular complexity index is 529. The number of ether oxygens (including phenoxy) is 1. The smallest absolute Gasteiger partial charge is 0.140 e. The maximum atomic E-state index is 9.22. The van der Waals surface area contributed by atoms with Crippen LogP contribution < -0.4 is 10.1 Å². The molecule has 3 heteroatoms. The van der Waals surface area contributed by atoms with E-state index >= 15 is 0 Å². The van der Waals surface area contributed by atoms with Crippen LogP contribution in [-0.4, -0.2) is 7.11 Å². The molecule has 0 saturated carbocycles. The molecule has 0 aliphatic carbocycles. The predicted molar refractivity (Wildman–Crippen MR) is 71.4 cm³/mol. The Kier molecular flexibility index (Phi) is 3.83. The normalized spacial score (nSPS) is 11.3. The molecule has 0 amide bonds. The first kappa shape index (κ1) is 12.0. The van der Waals surface area contributed by atoms with Gasteiger partial charge in [0, 0.05) is 5.69 Å². The van der Waals surface area contributed by atoms with Gasteiger partial charge >= 0.3 is 0 Å². The first-order chi connectivity index (χ1) is 8.83. The summed E-state index contributed by atoms with van der Waals surface area (Å²) in [7, 11) is 1.62. The molecule has 0 heterocycles. The molecular weight excluding hydrogens is 224 g/mol. The van der Waals surface area contributed by atoms with Crippen molar-refractivity contribution in [2.24, 2.45) is 0 Å². The van der Waals surface area contributed by atoms with Gasteiger partial charge in [-0.15, -0.1) is 0 Å². The van der Waals surface area contributed by atoms with E-state index in [2.05, 4.69) is 11.4 Å². The van der Waals surface area contributed by atoms with Crippen molar-refractivity contribution >= 4 is 5.69 Å². The molecule has 2 aromatic carbocycles. The van der Waals surface area contributed by atoms with Gasteiger partial charge in [-0.05, 0) is 29.8 Å². The maximum Gasteiger partial charge on any atom is 0.140 e. The van der Waals surface area contributed by atoms with Gasteiger partial charge in [0.25, 0.3) is 0 Å². The van der Waals surface area contributed by atoms with E-state index < -0.39 is 0 Å². The Labute approximate surface area is 107 Å². The Morgan fingerprint density at radius 3 is 2.28 bits per heavy atom. The topological polar surface area (TPSA) is 45.0 Å². The van der Waals surface area contributed by atoms with Crippen LogP contribution in [0.5, 0.6) is 5.75 Å². The van der Waals surface area contributed by atoms with Gasteiger partial charge in [0.15, 0.2) is 0 Å². The summed E-state index contributed by atoms with van der Waals surface area (Å²) < 4.78 is 5.10. The second-order valence-electron chi connectivity index (χ2n) is 3.85. The van der Waals surface area contributed by atoms with E-state index in [4.69, 9.17) is 4.74 Å². The van der Waals surface area contributed by atoms with Crippen molar-refractivity contribution in [3.05, 3.63) is 60.2 Å². The third-order valence-corrected chi connectivity index (χ3v) is 2.66. The molecule has 0 radical (unpaired) electrons. The Hall–Kier alpha value is -2.47. The lowest BCUT2D eigenvalue weighted by atomic mass is 10.1. The average Bonchev–Trinajstić information content (AvgIpc) is 2.46. The van der Waals surface area contributed by atoms with Crippen molar-refractivity contribution in [2.75, 3.05) is 12.4 Å². The summed E-state index contributed by atoms with van der Waals surface area (Å²) in [6, 6.07) is 19.1. The van der Waals surface area contributed by atoms with Gasteiger partial charge in [-0.2, -0.15) is 5.26 Å². The van der Waals surface area contributed by atoms with Gasteiger partial charge in [-0.1, -0.05) is 30.3 Å². The second-order valence-corrected chi connectivity index (χ2v) is 3.85. The van der Waals surface area contributed by atoms with Gasteiger partial charge in [-0.3, -0.25) is 0 Å². The minimum Gasteiger partial charge on any atom is -0.497 e. The third-order valence-electron chi connectivity index (χ3n) is 2.66. The van der Waals surface area contributed by atoms with Crippen molar-refractivity contribution in [1.82, 2.24) is 0 Å². The highest BCUT2D eigenvalue weighted by atomic mass is 16.5. The average molecular weight is 238 g/mol. The van der Waals surface area contributed by atoms with E-state index in [1.807, 2.05) is 54.6 Å². The number of anilines is 1. The van der Waals surface area contributed by atoms with Gasteiger partial charge < -0.3 is 10.1 Å². The van der Waals surface area contributed by atoms with Crippen molar-refractivity contribution in [3.63, 3.8) is 0 Å². The zero-order valence-corrected chi connectivity index (χ0v) is 10.1. The molecule has 2 aromatic rings. The van der Waals surface area contributed by atoms with Crippen LogP contribution in [0.25, 0.3) is 0 Å². The lowest BCUT2D eigenvalue weighted by molar-refractivity contribution is 0.414. The SMILES string of the molecule is COc1ccc([C@H](C#N)Nc2ccccc2)cc1. The van der Waals surface area contributed by atoms with Crippen LogP contribution in [-0.2, 0) is 0 Å². The molecule has 3 nitrogen and oxygen atoms in total. The molecule has 2 rings (SSSR count). The second kappa shape index (κ2) is 5.74. The molecule has 1 atom stereocenters. The van der Waals surface area contributed by atoms with E-state index in [0.29, 0.717) is 0 Å². The van der Waals surface area contributed by atoms with E-state index in [-0.39, 0.29) is 6.04 Å². The monoisotopic (exact) mass is 238 g/mol. The molecule has 0 aliphatic heterocycles. The highest BCUT2D eigenvalue weighted by Crippen LogP contribution is 2.21. The van der Waals surface area contributed by atoms with Gasteiger partial charge in [0.2, 0.25) is 0 Å². The quantitative estimate of drug-likeness (QED) is 0.888. The fourth-order valence-electron chi connectivity index (χ4n) is 1.69. The van der Waals surface area contributed by atoms with E-state index in [1.165, 1.54) is 0 Å². The number of hydrogen-bond donors (Lipinski definition) is 1. The predicted octanol–water partition coefficient (Wildman–Crippen LogP) is 3.37. The number of methoxy groups -OCH3 is 1. The standard InChI is InChI=1S/C15H14N2O/c1-18-14-9-7-12(8-10-14)15(11-16)17-13-5-3-2-4-6-13/h2-10,15,17H,1H3/t15-/m0/s1. The zero-order chi connectivity index (χ0) is 12.8. The van der Waals surface area contributed by atoms with Crippen LogP contribution >= 0.6 is 0 Å². The fourth-order valence-corrected chi connectivity index (χ4v) is 1.69. The number of nitriles is 1. The fraction of sp³-hybridized carbons (Fsp3) is 0.133. The number of benzene rings is 2. The third kappa shape index (κ3) is 2.80. The van der Waals surface area contributed by atoms with Crippen LogP contribution in [0.15, 0.2) is 54.6 Å². The van der Waals surface area contributed by atoms with Gasteiger partial charge in [0.05, 0.1) is 13.2 Å². The number of nitrogens with zero attached hydrogens (tertiary/aromatic N) is 1. The molecule has 0 spiro atoms. The van der Waals surface area contributed by atoms with Crippen LogP contribution in [0, 0.1) is 11.3 Å². The largest absolute Gasteiger partial charge is 0.497 e. The van der Waals surface area contributed by atoms with Crippen molar-refractivity contribution < 1.29 is 4.74 Å². The van der Waals surface area contributed by atoms with E-state index in [0.717, 1.165) is 17.0 Å². The van der Waals surface area contributed by atoms with Crippen LogP contribution in [0.2, 0.25) is 0 Å². The van der Waals surface area contributed by atoms with Gasteiger partial charge in [0.1, 0.15) is 11.8 Å². The van der Waals surface area contributed by atoms with Crippen LogP contribution in [0.4, 0.5) is 5.69 Å². The molecule has 0 aromatic heterocycles. The number of para-hydroxylation sites is 1. The summed E-state index contributed by atoms with van der Waals surface area (Å²) in [6.07, 6.45) is 0. The summed E-state index contributed by atoms with van der Waals surface area (Å²) >= 11 is 0. The summed E-state index contributed by atoms with van der Waals surface area (Å²) in [5.74, 6) is 0.787. The molecule has 1 N–H and O–H groups in total. The molecule has 90 valence electrons. The summed E-state index contributed by atoms with van der Waals surface area (Å²) in [6.45, 7) is 0.